The Morgan fingerprint density at radius 2 is 1.56 bits per heavy atom. The van der Waals surface area contributed by atoms with Crippen LogP contribution in [-0.2, 0) is 17.8 Å². The van der Waals surface area contributed by atoms with Crippen molar-refractivity contribution in [3.05, 3.63) is 41.5 Å². The second-order valence-corrected chi connectivity index (χ2v) is 11.8. The molecule has 1 saturated carbocycles. The molecule has 0 radical (unpaired) electrons. The molecule has 2 aliphatic heterocycles. The molecular formula is C31H51N9O. The number of benzene rings is 1. The van der Waals surface area contributed by atoms with Crippen molar-refractivity contribution < 1.29 is 4.74 Å². The fourth-order valence-electron chi connectivity index (χ4n) is 6.09. The molecule has 3 aliphatic rings. The highest BCUT2D eigenvalue weighted by atomic mass is 16.5. The number of anilines is 3. The molecule has 1 aromatic heterocycles. The lowest BCUT2D eigenvalue weighted by Crippen LogP contribution is -2.49. The molecule has 2 saturated heterocycles. The largest absolute Gasteiger partial charge is 0.383 e. The van der Waals surface area contributed by atoms with E-state index in [4.69, 9.17) is 15.5 Å². The summed E-state index contributed by atoms with van der Waals surface area (Å²) in [6.45, 7) is 13.7. The van der Waals surface area contributed by atoms with E-state index < -0.39 is 0 Å². The van der Waals surface area contributed by atoms with Crippen LogP contribution in [-0.4, -0.2) is 104 Å². The molecule has 2 aromatic rings. The summed E-state index contributed by atoms with van der Waals surface area (Å²) in [6, 6.07) is 11.4. The van der Waals surface area contributed by atoms with Crippen LogP contribution in [0.4, 0.5) is 17.6 Å². The Kier molecular flexibility index (Phi) is 11.9. The van der Waals surface area contributed by atoms with Crippen molar-refractivity contribution in [1.29, 1.82) is 0 Å². The predicted octanol–water partition coefficient (Wildman–Crippen LogP) is 2.53. The summed E-state index contributed by atoms with van der Waals surface area (Å²) in [7, 11) is 0. The van der Waals surface area contributed by atoms with E-state index in [1.165, 1.54) is 43.2 Å². The maximum Gasteiger partial charge on any atom is 0.226 e. The zero-order valence-electron chi connectivity index (χ0n) is 24.8. The number of nitrogens with one attached hydrogen (secondary N) is 3. The molecule has 3 heterocycles. The van der Waals surface area contributed by atoms with Crippen molar-refractivity contribution in [2.75, 3.05) is 94.6 Å². The molecule has 41 heavy (non-hydrogen) atoms. The van der Waals surface area contributed by atoms with E-state index in [1.54, 1.807) is 0 Å². The van der Waals surface area contributed by atoms with Gasteiger partial charge in [0, 0.05) is 77.6 Å². The predicted molar refractivity (Wildman–Crippen MR) is 167 cm³/mol. The summed E-state index contributed by atoms with van der Waals surface area (Å²) in [5.74, 6) is 2.00. The monoisotopic (exact) mass is 565 g/mol. The second-order valence-electron chi connectivity index (χ2n) is 11.8. The molecule has 0 amide bonds. The Morgan fingerprint density at radius 3 is 2.34 bits per heavy atom. The van der Waals surface area contributed by atoms with E-state index in [-0.39, 0.29) is 0 Å². The standard InChI is InChI=1S/C31H51N9O/c32-29-23-30(40-16-14-38(15-17-40)12-13-39-18-20-41-21-19-39)37-31(36-29)35-25-27-7-4-6-26(22-27)24-33-10-5-11-34-28-8-2-1-3-9-28/h4,6-7,22-23,28,33-34H,1-3,5,8-21,24-25H2,(H3,32,35,36,37). The number of aromatic nitrogens is 2. The summed E-state index contributed by atoms with van der Waals surface area (Å²) in [5, 5.41) is 10.7. The van der Waals surface area contributed by atoms with Crippen molar-refractivity contribution in [3.63, 3.8) is 0 Å². The number of nitrogen functional groups attached to an aromatic ring is 1. The topological polar surface area (TPSA) is 107 Å². The first-order valence-electron chi connectivity index (χ1n) is 15.9. The molecule has 5 N–H and O–H groups in total. The molecule has 3 fully saturated rings. The number of nitrogens with zero attached hydrogens (tertiary/aromatic N) is 5. The summed E-state index contributed by atoms with van der Waals surface area (Å²) in [4.78, 5) is 16.6. The summed E-state index contributed by atoms with van der Waals surface area (Å²) < 4.78 is 5.47. The molecule has 0 atom stereocenters. The van der Waals surface area contributed by atoms with Crippen LogP contribution in [0.2, 0.25) is 0 Å². The third-order valence-corrected chi connectivity index (χ3v) is 8.60. The van der Waals surface area contributed by atoms with Gasteiger partial charge in [-0.1, -0.05) is 43.5 Å². The molecule has 226 valence electrons. The number of piperazine rings is 1. The zero-order chi connectivity index (χ0) is 28.1. The number of rotatable bonds is 14. The fourth-order valence-corrected chi connectivity index (χ4v) is 6.09. The zero-order valence-corrected chi connectivity index (χ0v) is 24.8. The van der Waals surface area contributed by atoms with Crippen LogP contribution < -0.4 is 26.6 Å². The summed E-state index contributed by atoms with van der Waals surface area (Å²) in [6.07, 6.45) is 8.05. The Labute approximate surface area is 246 Å². The smallest absolute Gasteiger partial charge is 0.226 e. The summed E-state index contributed by atoms with van der Waals surface area (Å²) >= 11 is 0. The van der Waals surface area contributed by atoms with Crippen LogP contribution >= 0.6 is 0 Å². The Balaban J connectivity index is 1.02. The fraction of sp³-hybridized carbons (Fsp3) is 0.677. The number of nitrogens with two attached hydrogens (primary N) is 1. The molecule has 0 bridgehead atoms. The van der Waals surface area contributed by atoms with E-state index in [9.17, 15) is 0 Å². The van der Waals surface area contributed by atoms with Gasteiger partial charge in [0.1, 0.15) is 11.6 Å². The van der Waals surface area contributed by atoms with Gasteiger partial charge in [-0.25, -0.2) is 0 Å². The van der Waals surface area contributed by atoms with Crippen molar-refractivity contribution in [3.8, 4) is 0 Å². The van der Waals surface area contributed by atoms with Gasteiger partial charge in [0.15, 0.2) is 0 Å². The van der Waals surface area contributed by atoms with Gasteiger partial charge in [-0.2, -0.15) is 9.97 Å². The van der Waals surface area contributed by atoms with E-state index in [1.807, 2.05) is 6.07 Å². The second kappa shape index (κ2) is 16.2. The average molecular weight is 566 g/mol. The third kappa shape index (κ3) is 10.1. The van der Waals surface area contributed by atoms with E-state index >= 15 is 0 Å². The first-order chi connectivity index (χ1) is 20.2. The van der Waals surface area contributed by atoms with Crippen LogP contribution in [0.25, 0.3) is 0 Å². The van der Waals surface area contributed by atoms with Gasteiger partial charge >= 0.3 is 0 Å². The Bertz CT molecular complexity index is 1030. The van der Waals surface area contributed by atoms with Crippen LogP contribution in [0.1, 0.15) is 49.7 Å². The van der Waals surface area contributed by atoms with Gasteiger partial charge in [-0.15, -0.1) is 0 Å². The van der Waals surface area contributed by atoms with E-state index in [2.05, 4.69) is 59.9 Å². The van der Waals surface area contributed by atoms with Gasteiger partial charge < -0.3 is 31.3 Å². The first kappa shape index (κ1) is 30.0. The van der Waals surface area contributed by atoms with Crippen molar-refractivity contribution in [1.82, 2.24) is 30.4 Å². The molecule has 0 spiro atoms. The minimum atomic E-state index is 0.503. The van der Waals surface area contributed by atoms with Gasteiger partial charge in [0.2, 0.25) is 5.95 Å². The van der Waals surface area contributed by atoms with Gasteiger partial charge in [0.05, 0.1) is 13.2 Å². The van der Waals surface area contributed by atoms with Crippen molar-refractivity contribution in [2.45, 2.75) is 57.7 Å². The molecule has 5 rings (SSSR count). The van der Waals surface area contributed by atoms with Crippen molar-refractivity contribution >= 4 is 17.6 Å². The molecule has 1 aromatic carbocycles. The average Bonchev–Trinajstić information content (AvgIpc) is 3.02. The number of morpholine rings is 1. The Morgan fingerprint density at radius 1 is 0.829 bits per heavy atom. The maximum absolute atomic E-state index is 6.19. The normalized spacial score (nSPS) is 19.5. The van der Waals surface area contributed by atoms with Crippen molar-refractivity contribution in [2.24, 2.45) is 0 Å². The highest BCUT2D eigenvalue weighted by Crippen LogP contribution is 2.19. The minimum absolute atomic E-state index is 0.503. The molecule has 10 nitrogen and oxygen atoms in total. The SMILES string of the molecule is Nc1cc(N2CCN(CCN3CCOCC3)CC2)nc(NCc2cccc(CNCCCNC3CCCCC3)c2)n1. The van der Waals surface area contributed by atoms with Crippen LogP contribution in [0.5, 0.6) is 0 Å². The molecule has 1 aliphatic carbocycles. The quantitative estimate of drug-likeness (QED) is 0.255. The molecular weight excluding hydrogens is 514 g/mol. The molecule has 10 heteroatoms. The molecule has 0 unspecified atom stereocenters. The highest BCUT2D eigenvalue weighted by molar-refractivity contribution is 5.52. The lowest BCUT2D eigenvalue weighted by Gasteiger charge is -2.37. The Hall–Kier alpha value is -2.50. The van der Waals surface area contributed by atoms with Gasteiger partial charge in [0.25, 0.3) is 0 Å². The number of hydrogen-bond acceptors (Lipinski definition) is 10. The lowest BCUT2D eigenvalue weighted by atomic mass is 9.95. The number of ether oxygens (including phenoxy) is 1. The van der Waals surface area contributed by atoms with Gasteiger partial charge in [-0.05, 0) is 43.5 Å². The maximum atomic E-state index is 6.19. The first-order valence-corrected chi connectivity index (χ1v) is 15.9. The summed E-state index contributed by atoms with van der Waals surface area (Å²) in [5.41, 5.74) is 8.70. The van der Waals surface area contributed by atoms with E-state index in [0.29, 0.717) is 18.3 Å². The lowest BCUT2D eigenvalue weighted by molar-refractivity contribution is 0.0331. The highest BCUT2D eigenvalue weighted by Gasteiger charge is 2.20. The van der Waals surface area contributed by atoms with Crippen LogP contribution in [0, 0.1) is 0 Å². The van der Waals surface area contributed by atoms with E-state index in [0.717, 1.165) is 103 Å². The van der Waals surface area contributed by atoms with Gasteiger partial charge in [-0.3, -0.25) is 9.80 Å². The minimum Gasteiger partial charge on any atom is -0.383 e. The third-order valence-electron chi connectivity index (χ3n) is 8.60. The van der Waals surface area contributed by atoms with Crippen LogP contribution in [0.15, 0.2) is 30.3 Å². The number of hydrogen-bond donors (Lipinski definition) is 4. The van der Waals surface area contributed by atoms with Crippen LogP contribution in [0.3, 0.4) is 0 Å².